The first-order valence-corrected chi connectivity index (χ1v) is 6.97. The van der Waals surface area contributed by atoms with Crippen molar-refractivity contribution < 1.29 is 29.0 Å². The topological polar surface area (TPSA) is 114 Å². The summed E-state index contributed by atoms with van der Waals surface area (Å²) in [6.45, 7) is 5.70. The molecule has 0 aliphatic heterocycles. The number of rotatable bonds is 9. The van der Waals surface area contributed by atoms with E-state index in [1.54, 1.807) is 20.8 Å². The number of alkyl carbamates (subject to hydrolysis) is 2. The molecule has 8 nitrogen and oxygen atoms in total. The smallest absolute Gasteiger partial charge is 0.407 e. The molecular formula is C13H24N2O6. The van der Waals surface area contributed by atoms with Crippen molar-refractivity contribution in [2.75, 3.05) is 13.2 Å². The predicted molar refractivity (Wildman–Crippen MR) is 75.1 cm³/mol. The van der Waals surface area contributed by atoms with Gasteiger partial charge in [-0.15, -0.1) is 0 Å². The number of ether oxygens (including phenoxy) is 2. The second-order valence-corrected chi connectivity index (χ2v) is 4.63. The number of amides is 2. The number of hydrogen-bond donors (Lipinski definition) is 3. The van der Waals surface area contributed by atoms with Crippen LogP contribution in [0.3, 0.4) is 0 Å². The first-order chi connectivity index (χ1) is 9.86. The SMILES string of the molecule is CCOC(=O)NC(CCCCNC(=O)OC(C)C)C(=O)O. The minimum absolute atomic E-state index is 0.181. The number of carbonyl (C=O) groups is 3. The molecule has 1 atom stereocenters. The molecule has 0 spiro atoms. The summed E-state index contributed by atoms with van der Waals surface area (Å²) in [6, 6.07) is -0.994. The third kappa shape index (κ3) is 10.5. The lowest BCUT2D eigenvalue weighted by molar-refractivity contribution is -0.139. The fourth-order valence-corrected chi connectivity index (χ4v) is 1.49. The molecule has 0 radical (unpaired) electrons. The number of carbonyl (C=O) groups excluding carboxylic acids is 2. The van der Waals surface area contributed by atoms with E-state index in [0.717, 1.165) is 0 Å². The third-order valence-electron chi connectivity index (χ3n) is 2.40. The zero-order valence-electron chi connectivity index (χ0n) is 12.7. The summed E-state index contributed by atoms with van der Waals surface area (Å²) in [4.78, 5) is 33.3. The normalized spacial score (nSPS) is 11.6. The fourth-order valence-electron chi connectivity index (χ4n) is 1.49. The maximum absolute atomic E-state index is 11.2. The van der Waals surface area contributed by atoms with Gasteiger partial charge in [0.2, 0.25) is 0 Å². The molecule has 0 bridgehead atoms. The summed E-state index contributed by atoms with van der Waals surface area (Å²) in [6.07, 6.45) is -0.0508. The zero-order valence-corrected chi connectivity index (χ0v) is 12.7. The Bertz CT molecular complexity index is 346. The van der Waals surface area contributed by atoms with Crippen LogP contribution in [0.2, 0.25) is 0 Å². The molecule has 0 saturated heterocycles. The van der Waals surface area contributed by atoms with Crippen LogP contribution in [0.1, 0.15) is 40.0 Å². The first-order valence-electron chi connectivity index (χ1n) is 6.97. The van der Waals surface area contributed by atoms with Gasteiger partial charge in [-0.3, -0.25) is 0 Å². The standard InChI is InChI=1S/C13H24N2O6/c1-4-20-13(19)15-10(11(16)17)7-5-6-8-14-12(18)21-9(2)3/h9-10H,4-8H2,1-3H3,(H,14,18)(H,15,19)(H,16,17). The van der Waals surface area contributed by atoms with Gasteiger partial charge >= 0.3 is 18.2 Å². The molecular weight excluding hydrogens is 280 g/mol. The summed E-state index contributed by atoms with van der Waals surface area (Å²) in [7, 11) is 0. The highest BCUT2D eigenvalue weighted by Crippen LogP contribution is 2.02. The molecule has 0 aliphatic rings. The van der Waals surface area contributed by atoms with Crippen molar-refractivity contribution >= 4 is 18.2 Å². The minimum Gasteiger partial charge on any atom is -0.480 e. The lowest BCUT2D eigenvalue weighted by Gasteiger charge is -2.14. The fraction of sp³-hybridized carbons (Fsp3) is 0.769. The average Bonchev–Trinajstić information content (AvgIpc) is 2.36. The third-order valence-corrected chi connectivity index (χ3v) is 2.40. The van der Waals surface area contributed by atoms with E-state index in [0.29, 0.717) is 19.4 Å². The van der Waals surface area contributed by atoms with Crippen LogP contribution >= 0.6 is 0 Å². The van der Waals surface area contributed by atoms with E-state index in [2.05, 4.69) is 15.4 Å². The number of hydrogen-bond acceptors (Lipinski definition) is 5. The van der Waals surface area contributed by atoms with Gasteiger partial charge in [0, 0.05) is 6.54 Å². The Kier molecular flexibility index (Phi) is 9.74. The second-order valence-electron chi connectivity index (χ2n) is 4.63. The maximum atomic E-state index is 11.2. The van der Waals surface area contributed by atoms with Gasteiger partial charge in [-0.25, -0.2) is 14.4 Å². The van der Waals surface area contributed by atoms with Crippen molar-refractivity contribution in [3.8, 4) is 0 Å². The number of carboxylic acids is 1. The molecule has 21 heavy (non-hydrogen) atoms. The van der Waals surface area contributed by atoms with Gasteiger partial charge in [-0.2, -0.15) is 0 Å². The zero-order chi connectivity index (χ0) is 16.3. The van der Waals surface area contributed by atoms with Crippen molar-refractivity contribution in [2.24, 2.45) is 0 Å². The molecule has 0 aliphatic carbocycles. The van der Waals surface area contributed by atoms with Gasteiger partial charge in [-0.1, -0.05) is 0 Å². The van der Waals surface area contributed by atoms with E-state index in [9.17, 15) is 14.4 Å². The monoisotopic (exact) mass is 304 g/mol. The Labute approximate surface area is 124 Å². The molecule has 0 fully saturated rings. The van der Waals surface area contributed by atoms with Gasteiger partial charge in [0.05, 0.1) is 12.7 Å². The highest BCUT2D eigenvalue weighted by Gasteiger charge is 2.19. The molecule has 0 aromatic heterocycles. The number of carboxylic acid groups (broad SMARTS) is 1. The molecule has 122 valence electrons. The summed E-state index contributed by atoms with van der Waals surface area (Å²) in [5.74, 6) is -1.12. The summed E-state index contributed by atoms with van der Waals surface area (Å²) < 4.78 is 9.51. The second kappa shape index (κ2) is 10.8. The van der Waals surface area contributed by atoms with E-state index < -0.39 is 24.2 Å². The van der Waals surface area contributed by atoms with Crippen molar-refractivity contribution in [1.29, 1.82) is 0 Å². The number of unbranched alkanes of at least 4 members (excludes halogenated alkanes) is 1. The molecule has 0 aromatic carbocycles. The lowest BCUT2D eigenvalue weighted by Crippen LogP contribution is -2.41. The van der Waals surface area contributed by atoms with Crippen LogP contribution in [0.5, 0.6) is 0 Å². The van der Waals surface area contributed by atoms with E-state index in [-0.39, 0.29) is 19.1 Å². The minimum atomic E-state index is -1.12. The Morgan fingerprint density at radius 3 is 2.33 bits per heavy atom. The highest BCUT2D eigenvalue weighted by atomic mass is 16.6. The molecule has 1 unspecified atom stereocenters. The Hall–Kier alpha value is -1.99. The van der Waals surface area contributed by atoms with Crippen LogP contribution in [0, 0.1) is 0 Å². The summed E-state index contributed by atoms with van der Waals surface area (Å²) in [5, 5.41) is 13.8. The first kappa shape index (κ1) is 19.0. The van der Waals surface area contributed by atoms with Gasteiger partial charge < -0.3 is 25.2 Å². The predicted octanol–water partition coefficient (Wildman–Crippen LogP) is 1.49. The molecule has 8 heteroatoms. The van der Waals surface area contributed by atoms with Crippen LogP contribution in [0.4, 0.5) is 9.59 Å². The van der Waals surface area contributed by atoms with Crippen molar-refractivity contribution in [1.82, 2.24) is 10.6 Å². The maximum Gasteiger partial charge on any atom is 0.407 e. The van der Waals surface area contributed by atoms with Crippen LogP contribution in [-0.4, -0.2) is 48.6 Å². The molecule has 0 heterocycles. The molecule has 3 N–H and O–H groups in total. The highest BCUT2D eigenvalue weighted by molar-refractivity contribution is 5.79. The van der Waals surface area contributed by atoms with Gasteiger partial charge in [-0.05, 0) is 40.0 Å². The summed E-state index contributed by atoms with van der Waals surface area (Å²) in [5.41, 5.74) is 0. The summed E-state index contributed by atoms with van der Waals surface area (Å²) >= 11 is 0. The number of aliphatic carboxylic acids is 1. The molecule has 2 amide bonds. The quantitative estimate of drug-likeness (QED) is 0.556. The van der Waals surface area contributed by atoms with Gasteiger partial charge in [0.1, 0.15) is 6.04 Å². The number of nitrogens with one attached hydrogen (secondary N) is 2. The Morgan fingerprint density at radius 1 is 1.14 bits per heavy atom. The van der Waals surface area contributed by atoms with Crippen LogP contribution in [-0.2, 0) is 14.3 Å². The van der Waals surface area contributed by atoms with Crippen molar-refractivity contribution in [3.63, 3.8) is 0 Å². The van der Waals surface area contributed by atoms with Crippen LogP contribution in [0.25, 0.3) is 0 Å². The molecule has 0 aromatic rings. The van der Waals surface area contributed by atoms with E-state index in [1.807, 2.05) is 0 Å². The van der Waals surface area contributed by atoms with Crippen molar-refractivity contribution in [3.05, 3.63) is 0 Å². The van der Waals surface area contributed by atoms with Crippen LogP contribution < -0.4 is 10.6 Å². The van der Waals surface area contributed by atoms with Gasteiger partial charge in [0.25, 0.3) is 0 Å². The largest absolute Gasteiger partial charge is 0.480 e. The Morgan fingerprint density at radius 2 is 1.81 bits per heavy atom. The van der Waals surface area contributed by atoms with Gasteiger partial charge in [0.15, 0.2) is 0 Å². The van der Waals surface area contributed by atoms with E-state index in [4.69, 9.17) is 9.84 Å². The van der Waals surface area contributed by atoms with Crippen LogP contribution in [0.15, 0.2) is 0 Å². The Balaban J connectivity index is 3.87. The molecule has 0 rings (SSSR count). The van der Waals surface area contributed by atoms with E-state index in [1.165, 1.54) is 0 Å². The average molecular weight is 304 g/mol. The molecule has 0 saturated carbocycles. The lowest BCUT2D eigenvalue weighted by atomic mass is 10.1. The van der Waals surface area contributed by atoms with E-state index >= 15 is 0 Å². The van der Waals surface area contributed by atoms with Crippen molar-refractivity contribution in [2.45, 2.75) is 52.2 Å².